The lowest BCUT2D eigenvalue weighted by atomic mass is 9.68. The van der Waals surface area contributed by atoms with Gasteiger partial charge < -0.3 is 38.2 Å². The van der Waals surface area contributed by atoms with Crippen LogP contribution in [-0.4, -0.2) is 131 Å². The lowest BCUT2D eigenvalue weighted by Gasteiger charge is -2.46. The summed E-state index contributed by atoms with van der Waals surface area (Å²) in [5.41, 5.74) is 6.85. The minimum absolute atomic E-state index is 0.0511. The molecule has 2 amide bonds. The third kappa shape index (κ3) is 14.3. The first-order valence-corrected chi connectivity index (χ1v) is 36.3. The molecule has 0 aromatic heterocycles. The van der Waals surface area contributed by atoms with E-state index in [9.17, 15) is 26.4 Å². The fourth-order valence-corrected chi connectivity index (χ4v) is 19.1. The van der Waals surface area contributed by atoms with Crippen LogP contribution in [0.3, 0.4) is 0 Å². The Labute approximate surface area is 543 Å². The second-order valence-electron chi connectivity index (χ2n) is 26.7. The summed E-state index contributed by atoms with van der Waals surface area (Å²) in [6.45, 7) is 7.76. The SMILES string of the molecule is CO[C@H](C)C[C@@H]1CC/C=C/[C@H](OC)[C@@H]2CC[C@H]2CN2C[C@@]3(CCCc4cc(Cl)ccc43)COc3ccc(cc32)C(=O)NS1(=O)=O.CO[C@H](C)C[C@H]1CC/C=C/[C@H](OC)[C@@H]2CC[C@H]2CN2C[C@@]3(CCCc4cc(Cl)ccc43)COc3ccc(cc32)C(=O)NS1(=O)=O. The van der Waals surface area contributed by atoms with Gasteiger partial charge in [-0.15, -0.1) is 0 Å². The summed E-state index contributed by atoms with van der Waals surface area (Å²) < 4.78 is 95.1. The Hall–Kier alpha value is -5.18. The van der Waals surface area contributed by atoms with Crippen LogP contribution in [0.2, 0.25) is 10.0 Å². The van der Waals surface area contributed by atoms with Crippen molar-refractivity contribution >= 4 is 66.4 Å². The lowest BCUT2D eigenvalue weighted by molar-refractivity contribution is 0.0131. The van der Waals surface area contributed by atoms with Crippen molar-refractivity contribution < 1.29 is 54.8 Å². The van der Waals surface area contributed by atoms with E-state index < -0.39 is 42.4 Å². The zero-order chi connectivity index (χ0) is 63.5. The van der Waals surface area contributed by atoms with Gasteiger partial charge in [0.25, 0.3) is 11.8 Å². The van der Waals surface area contributed by atoms with Gasteiger partial charge in [0.15, 0.2) is 0 Å². The summed E-state index contributed by atoms with van der Waals surface area (Å²) in [4.78, 5) is 31.9. The number of nitrogens with one attached hydrogen (secondary N) is 2. The standard InChI is InChI=1S/2C35H45ClN2O6S/c2*1-23(42-2)17-28-8-4-5-9-32(43-3)29-13-10-26(29)20-38-21-35(16-6-7-24-18-27(36)12-14-30(24)35)22-44-33-15-11-25(19-31(33)38)34(39)37-45(28,40)41/h2*5,9,11-12,14-15,18-19,23,26,28-29,32H,4,6-8,10,13,16-17,20-22H2,1-3H3,(H,37,39)/b2*9-5+/t23-,26+,28+,29-,32+,35+;23-,26+,28-,29-,32+,35+/m11/s1. The number of hydrogen-bond acceptors (Lipinski definition) is 14. The largest absolute Gasteiger partial charge is 0.490 e. The number of halogens is 2. The zero-order valence-corrected chi connectivity index (χ0v) is 56.1. The number of anilines is 2. The first-order chi connectivity index (χ1) is 43.2. The smallest absolute Gasteiger partial charge is 0.264 e. The Kier molecular flexibility index (Phi) is 20.8. The molecular weight excluding hydrogens is 1220 g/mol. The van der Waals surface area contributed by atoms with Crippen LogP contribution >= 0.6 is 23.2 Å². The number of methoxy groups -OCH3 is 4. The maximum atomic E-state index is 13.6. The molecule has 12 atom stereocenters. The summed E-state index contributed by atoms with van der Waals surface area (Å²) in [7, 11) is -1.32. The molecule has 2 N–H and O–H groups in total. The van der Waals surface area contributed by atoms with Gasteiger partial charge in [0.05, 0.1) is 59.5 Å². The summed E-state index contributed by atoms with van der Waals surface area (Å²) in [6, 6.07) is 23.0. The Balaban J connectivity index is 0.000000185. The van der Waals surface area contributed by atoms with Gasteiger partial charge in [-0.3, -0.25) is 9.59 Å². The van der Waals surface area contributed by atoms with E-state index in [4.69, 9.17) is 51.6 Å². The second-order valence-corrected chi connectivity index (χ2v) is 31.5. The normalized spacial score (nSPS) is 30.9. The predicted octanol–water partition coefficient (Wildman–Crippen LogP) is 12.1. The van der Waals surface area contributed by atoms with E-state index in [0.717, 1.165) is 112 Å². The maximum absolute atomic E-state index is 13.6. The highest BCUT2D eigenvalue weighted by Crippen LogP contribution is 2.50. The van der Waals surface area contributed by atoms with Gasteiger partial charge in [0, 0.05) is 86.6 Å². The van der Waals surface area contributed by atoms with E-state index in [1.54, 1.807) is 40.6 Å². The molecule has 4 aromatic carbocycles. The van der Waals surface area contributed by atoms with Crippen LogP contribution in [0.5, 0.6) is 11.5 Å². The molecule has 16 nitrogen and oxygen atoms in total. The molecule has 4 aliphatic carbocycles. The second kappa shape index (κ2) is 28.2. The van der Waals surface area contributed by atoms with Crippen molar-refractivity contribution in [2.45, 2.75) is 162 Å². The number of rotatable bonds is 8. The third-order valence-electron chi connectivity index (χ3n) is 21.2. The van der Waals surface area contributed by atoms with Crippen LogP contribution in [0.4, 0.5) is 11.4 Å². The van der Waals surface area contributed by atoms with Crippen LogP contribution in [0.15, 0.2) is 97.1 Å². The van der Waals surface area contributed by atoms with Gasteiger partial charge in [-0.1, -0.05) is 59.6 Å². The average Bonchev–Trinajstić information content (AvgIpc) is 1.63. The van der Waals surface area contributed by atoms with E-state index in [2.05, 4.69) is 55.7 Å². The fourth-order valence-electron chi connectivity index (χ4n) is 15.7. The Morgan fingerprint density at radius 1 is 0.578 bits per heavy atom. The Morgan fingerprint density at radius 2 is 1.00 bits per heavy atom. The first kappa shape index (κ1) is 66.3. The molecular formula is C70H90Cl2N4O12S2. The molecule has 90 heavy (non-hydrogen) atoms. The number of nitrogens with zero attached hydrogens (tertiary/aromatic N) is 2. The van der Waals surface area contributed by atoms with Crippen LogP contribution in [0.1, 0.15) is 147 Å². The van der Waals surface area contributed by atoms with E-state index in [0.29, 0.717) is 85.2 Å². The molecule has 4 aromatic rings. The number of carbonyl (C=O) groups excluding carboxylic acids is 2. The monoisotopic (exact) mass is 1310 g/mol. The fraction of sp³-hybridized carbons (Fsp3) is 0.571. The average molecular weight is 1310 g/mol. The highest BCUT2D eigenvalue weighted by Gasteiger charge is 2.47. The van der Waals surface area contributed by atoms with Gasteiger partial charge >= 0.3 is 0 Å². The Morgan fingerprint density at radius 3 is 1.38 bits per heavy atom. The Bertz CT molecular complexity index is 3320. The predicted molar refractivity (Wildman–Crippen MR) is 354 cm³/mol. The van der Waals surface area contributed by atoms with E-state index in [1.165, 1.54) is 22.3 Å². The summed E-state index contributed by atoms with van der Waals surface area (Å²) in [6.07, 6.45) is 20.4. The maximum Gasteiger partial charge on any atom is 0.264 e. The van der Waals surface area contributed by atoms with Gasteiger partial charge in [-0.2, -0.15) is 0 Å². The summed E-state index contributed by atoms with van der Waals surface area (Å²) in [5, 5.41) is -0.0816. The third-order valence-corrected chi connectivity index (χ3v) is 25.2. The molecule has 4 bridgehead atoms. The van der Waals surface area contributed by atoms with Crippen LogP contribution in [-0.2, 0) is 62.7 Å². The molecule has 12 rings (SSSR count). The molecule has 2 saturated carbocycles. The topological polar surface area (TPSA) is 188 Å². The minimum atomic E-state index is -3.98. The van der Waals surface area contributed by atoms with Crippen LogP contribution in [0, 0.1) is 23.7 Å². The highest BCUT2D eigenvalue weighted by atomic mass is 35.5. The number of benzene rings is 4. The molecule has 0 saturated heterocycles. The van der Waals surface area contributed by atoms with Crippen LogP contribution in [0.25, 0.3) is 0 Å². The molecule has 2 fully saturated rings. The first-order valence-electron chi connectivity index (χ1n) is 32.4. The zero-order valence-electron chi connectivity index (χ0n) is 52.9. The number of carbonyl (C=O) groups is 2. The molecule has 8 aliphatic rings. The van der Waals surface area contributed by atoms with E-state index in [-0.39, 0.29) is 48.1 Å². The van der Waals surface area contributed by atoms with Crippen LogP contribution < -0.4 is 28.7 Å². The molecule has 20 heteroatoms. The molecule has 4 aliphatic heterocycles. The molecule has 4 heterocycles. The van der Waals surface area contributed by atoms with Gasteiger partial charge in [0.2, 0.25) is 20.0 Å². The van der Waals surface area contributed by atoms with Crippen molar-refractivity contribution in [2.75, 3.05) is 77.6 Å². The molecule has 488 valence electrons. The summed E-state index contributed by atoms with van der Waals surface area (Å²) >= 11 is 12.8. The molecule has 0 unspecified atom stereocenters. The number of amides is 2. The number of aryl methyl sites for hydroxylation is 2. The van der Waals surface area contributed by atoms with Gasteiger partial charge in [0.1, 0.15) is 11.5 Å². The van der Waals surface area contributed by atoms with Crippen molar-refractivity contribution in [3.05, 3.63) is 141 Å². The number of hydrogen-bond donors (Lipinski definition) is 2. The van der Waals surface area contributed by atoms with E-state index in [1.807, 2.05) is 62.4 Å². The lowest BCUT2D eigenvalue weighted by Crippen LogP contribution is -2.49. The van der Waals surface area contributed by atoms with Gasteiger partial charge in [-0.25, -0.2) is 26.3 Å². The van der Waals surface area contributed by atoms with Gasteiger partial charge in [-0.05, 0) is 223 Å². The number of ether oxygens (including phenoxy) is 6. The van der Waals surface area contributed by atoms with Crippen molar-refractivity contribution in [1.29, 1.82) is 0 Å². The quantitative estimate of drug-likeness (QED) is 0.159. The van der Waals surface area contributed by atoms with Crippen molar-refractivity contribution in [3.8, 4) is 11.5 Å². The molecule has 0 radical (unpaired) electrons. The van der Waals surface area contributed by atoms with Crippen molar-refractivity contribution in [1.82, 2.24) is 9.44 Å². The molecule has 2 spiro atoms. The number of fused-ring (bicyclic) bond motifs is 8. The minimum Gasteiger partial charge on any atom is -0.490 e. The summed E-state index contributed by atoms with van der Waals surface area (Å²) in [5.74, 6) is 1.65. The number of sulfonamides is 2. The highest BCUT2D eigenvalue weighted by molar-refractivity contribution is 7.91. The number of allylic oxidation sites excluding steroid dienone is 2. The van der Waals surface area contributed by atoms with E-state index >= 15 is 0 Å². The van der Waals surface area contributed by atoms with Crippen molar-refractivity contribution in [2.24, 2.45) is 23.7 Å². The van der Waals surface area contributed by atoms with Crippen molar-refractivity contribution in [3.63, 3.8) is 0 Å².